The molecule has 1 aliphatic carbocycles. The van der Waals surface area contributed by atoms with E-state index in [1.54, 1.807) is 30.0 Å². The van der Waals surface area contributed by atoms with Gasteiger partial charge in [0, 0.05) is 24.0 Å². The average Bonchev–Trinajstić information content (AvgIpc) is 3.52. The molecule has 8 rings (SSSR count). The number of amides is 1. The summed E-state index contributed by atoms with van der Waals surface area (Å²) < 4.78 is 4.65. The molecule has 6 heterocycles. The number of aliphatic carboxylic acids is 1. The van der Waals surface area contributed by atoms with Crippen LogP contribution in [-0.2, 0) is 16.0 Å². The van der Waals surface area contributed by atoms with Crippen LogP contribution < -0.4 is 5.73 Å². The van der Waals surface area contributed by atoms with Crippen LogP contribution in [0.15, 0.2) is 33.8 Å². The fourth-order valence-electron chi connectivity index (χ4n) is 8.64. The summed E-state index contributed by atoms with van der Waals surface area (Å²) in [7, 11) is 0. The Morgan fingerprint density at radius 1 is 1.17 bits per heavy atom. The third kappa shape index (κ3) is 4.71. The number of benzene rings is 1. The van der Waals surface area contributed by atoms with Gasteiger partial charge in [-0.05, 0) is 49.6 Å². The van der Waals surface area contributed by atoms with Gasteiger partial charge in [-0.3, -0.25) is 4.79 Å². The first-order valence-electron chi connectivity index (χ1n) is 15.7. The number of thiazole rings is 1. The molecule has 2 aromatic rings. The summed E-state index contributed by atoms with van der Waals surface area (Å²) in [5.74, 6) is -1.80. The zero-order valence-electron chi connectivity index (χ0n) is 24.4. The Hall–Kier alpha value is -2.02. The quantitative estimate of drug-likeness (QED) is 0.279. The molecule has 5 fully saturated rings. The summed E-state index contributed by atoms with van der Waals surface area (Å²) in [6.07, 6.45) is 4.13. The first kappa shape index (κ1) is 28.7. The SMILES string of the molecule is CC(O)C1C(=O)N2C(C(=O)O)=C3C(Sc4nc5cc(CC[N+]67CC[N+](CCCN)(CC6)CC7)ccc5s4)CCCC3C12. The molecule has 5 atom stereocenters. The van der Waals surface area contributed by atoms with Crippen molar-refractivity contribution in [3.8, 4) is 0 Å². The van der Waals surface area contributed by atoms with Gasteiger partial charge in [0.25, 0.3) is 0 Å². The number of carbonyl (C=O) groups excluding carboxylic acids is 1. The highest BCUT2D eigenvalue weighted by atomic mass is 32.2. The third-order valence-electron chi connectivity index (χ3n) is 11.1. The van der Waals surface area contributed by atoms with Crippen LogP contribution in [0.1, 0.15) is 38.2 Å². The number of hydrogen-bond donors (Lipinski definition) is 3. The van der Waals surface area contributed by atoms with Gasteiger partial charge in [0.05, 0.1) is 41.4 Å². The molecule has 1 saturated carbocycles. The lowest BCUT2D eigenvalue weighted by Crippen LogP contribution is -2.75. The zero-order chi connectivity index (χ0) is 29.2. The lowest BCUT2D eigenvalue weighted by atomic mass is 9.72. The molecule has 6 aliphatic rings. The van der Waals surface area contributed by atoms with E-state index in [9.17, 15) is 19.8 Å². The molecule has 42 heavy (non-hydrogen) atoms. The molecule has 5 aliphatic heterocycles. The fourth-order valence-corrected chi connectivity index (χ4v) is 11.2. The molecule has 226 valence electrons. The number of aromatic nitrogens is 1. The molecule has 1 aromatic carbocycles. The minimum Gasteiger partial charge on any atom is -0.477 e. The Labute approximate surface area is 255 Å². The minimum atomic E-state index is -1.04. The third-order valence-corrected chi connectivity index (χ3v) is 13.5. The molecule has 0 radical (unpaired) electrons. The number of aliphatic hydroxyl groups is 1. The van der Waals surface area contributed by atoms with Gasteiger partial charge in [-0.1, -0.05) is 24.2 Å². The zero-order valence-corrected chi connectivity index (χ0v) is 26.0. The number of nitrogens with two attached hydrogens (primary N) is 1. The number of nitrogens with zero attached hydrogens (tertiary/aromatic N) is 4. The summed E-state index contributed by atoms with van der Waals surface area (Å²) in [5, 5.41) is 20.4. The Morgan fingerprint density at radius 2 is 1.88 bits per heavy atom. The number of carboxylic acids is 1. The number of rotatable bonds is 10. The van der Waals surface area contributed by atoms with Crippen LogP contribution in [0.2, 0.25) is 0 Å². The lowest BCUT2D eigenvalue weighted by Gasteiger charge is -2.55. The van der Waals surface area contributed by atoms with Crippen LogP contribution in [0.3, 0.4) is 0 Å². The highest BCUT2D eigenvalue weighted by molar-refractivity contribution is 8.01. The summed E-state index contributed by atoms with van der Waals surface area (Å²) in [4.78, 5) is 31.7. The largest absolute Gasteiger partial charge is 0.477 e. The highest BCUT2D eigenvalue weighted by Crippen LogP contribution is 2.55. The van der Waals surface area contributed by atoms with Crippen molar-refractivity contribution >= 4 is 45.2 Å². The fraction of sp³-hybridized carbons (Fsp3) is 0.645. The van der Waals surface area contributed by atoms with Crippen LogP contribution in [-0.4, -0.2) is 117 Å². The van der Waals surface area contributed by atoms with Crippen molar-refractivity contribution in [3.63, 3.8) is 0 Å². The van der Waals surface area contributed by atoms with E-state index in [-0.39, 0.29) is 28.8 Å². The maximum atomic E-state index is 12.9. The van der Waals surface area contributed by atoms with Crippen molar-refractivity contribution in [2.24, 2.45) is 17.6 Å². The maximum Gasteiger partial charge on any atom is 0.352 e. The van der Waals surface area contributed by atoms with E-state index in [2.05, 4.69) is 18.2 Å². The molecule has 9 nitrogen and oxygen atoms in total. The first-order valence-corrected chi connectivity index (χ1v) is 17.4. The van der Waals surface area contributed by atoms with Gasteiger partial charge in [0.2, 0.25) is 5.91 Å². The number of piperazine rings is 3. The molecule has 2 bridgehead atoms. The van der Waals surface area contributed by atoms with Gasteiger partial charge in [0.15, 0.2) is 4.34 Å². The molecular formula is C31H43N5O4S2+2. The number of β-lactam (4-membered cyclic amide) rings is 1. The summed E-state index contributed by atoms with van der Waals surface area (Å²) in [6, 6.07) is 6.48. The van der Waals surface area contributed by atoms with Gasteiger partial charge in [-0.2, -0.15) is 0 Å². The molecule has 11 heteroatoms. The highest BCUT2D eigenvalue weighted by Gasteiger charge is 2.62. The second kappa shape index (κ2) is 10.9. The number of carbonyl (C=O) groups is 2. The van der Waals surface area contributed by atoms with Gasteiger partial charge >= 0.3 is 5.97 Å². The minimum absolute atomic E-state index is 0.00215. The van der Waals surface area contributed by atoms with Crippen LogP contribution >= 0.6 is 23.1 Å². The Balaban J connectivity index is 1.05. The van der Waals surface area contributed by atoms with Gasteiger partial charge in [-0.25, -0.2) is 9.78 Å². The monoisotopic (exact) mass is 613 g/mol. The van der Waals surface area contributed by atoms with Crippen molar-refractivity contribution < 1.29 is 28.8 Å². The predicted molar refractivity (Wildman–Crippen MR) is 164 cm³/mol. The van der Waals surface area contributed by atoms with Crippen molar-refractivity contribution in [2.45, 2.75) is 60.8 Å². The average molecular weight is 614 g/mol. The van der Waals surface area contributed by atoms with Crippen LogP contribution in [0, 0.1) is 11.8 Å². The summed E-state index contributed by atoms with van der Waals surface area (Å²) in [6.45, 7) is 12.6. The Morgan fingerprint density at radius 3 is 2.55 bits per heavy atom. The number of carboxylic acid groups (broad SMARTS) is 1. The topological polar surface area (TPSA) is 117 Å². The Kier molecular flexibility index (Phi) is 7.42. The van der Waals surface area contributed by atoms with Crippen molar-refractivity contribution in [1.82, 2.24) is 9.88 Å². The second-order valence-electron chi connectivity index (χ2n) is 13.4. The molecule has 4 saturated heterocycles. The van der Waals surface area contributed by atoms with Crippen molar-refractivity contribution in [3.05, 3.63) is 35.0 Å². The van der Waals surface area contributed by atoms with E-state index in [0.29, 0.717) is 0 Å². The maximum absolute atomic E-state index is 12.9. The first-order chi connectivity index (χ1) is 20.2. The van der Waals surface area contributed by atoms with Gasteiger partial charge in [-0.15, -0.1) is 11.3 Å². The second-order valence-corrected chi connectivity index (χ2v) is 15.8. The molecule has 1 aromatic heterocycles. The van der Waals surface area contributed by atoms with E-state index >= 15 is 0 Å². The number of hydrogen-bond acceptors (Lipinski definition) is 7. The van der Waals surface area contributed by atoms with Crippen LogP contribution in [0.25, 0.3) is 10.2 Å². The van der Waals surface area contributed by atoms with E-state index in [1.807, 2.05) is 0 Å². The van der Waals surface area contributed by atoms with Gasteiger partial charge in [0.1, 0.15) is 45.0 Å². The van der Waals surface area contributed by atoms with Crippen LogP contribution in [0.4, 0.5) is 0 Å². The lowest BCUT2D eigenvalue weighted by molar-refractivity contribution is -1.08. The summed E-state index contributed by atoms with van der Waals surface area (Å²) >= 11 is 3.33. The summed E-state index contributed by atoms with van der Waals surface area (Å²) in [5.41, 5.74) is 9.20. The van der Waals surface area contributed by atoms with Crippen molar-refractivity contribution in [2.75, 3.05) is 58.9 Å². The number of quaternary nitrogens is 2. The van der Waals surface area contributed by atoms with Crippen LogP contribution in [0.5, 0.6) is 0 Å². The number of thioether (sulfide) groups is 1. The normalized spacial score (nSPS) is 34.5. The molecule has 5 unspecified atom stereocenters. The molecule has 0 spiro atoms. The number of aliphatic hydroxyl groups excluding tert-OH is 1. The van der Waals surface area contributed by atoms with E-state index in [1.165, 1.54) is 71.8 Å². The molecule has 1 amide bonds. The number of fused-ring (bicyclic) bond motifs is 7. The Bertz CT molecular complexity index is 1420. The smallest absolute Gasteiger partial charge is 0.352 e. The van der Waals surface area contributed by atoms with Crippen molar-refractivity contribution in [1.29, 1.82) is 0 Å². The molecular weight excluding hydrogens is 571 g/mol. The predicted octanol–water partition coefficient (Wildman–Crippen LogP) is 2.67. The van der Waals surface area contributed by atoms with E-state index < -0.39 is 18.0 Å². The standard InChI is InChI=1S/C31H42N5O4S2/c1-19(37)25-27-21-4-2-5-24(26(21)28(30(39)40)34(27)29(25)38)42-31-33-22-18-20(6-7-23(22)41-31)8-11-36-15-12-35(13-16-36,14-17-36)10-3-9-32/h6-7,18-19,21,24-25,27,37H,2-5,8-17,32H2,1H3/q+1/p+1. The van der Waals surface area contributed by atoms with Gasteiger partial charge < -0.3 is 29.8 Å². The molecule has 4 N–H and O–H groups in total. The van der Waals surface area contributed by atoms with E-state index in [4.69, 9.17) is 10.7 Å². The van der Waals surface area contributed by atoms with E-state index in [0.717, 1.165) is 58.8 Å².